The van der Waals surface area contributed by atoms with E-state index in [1.807, 2.05) is 5.94 Å². The third-order valence-corrected chi connectivity index (χ3v) is 7.11. The Morgan fingerprint density at radius 1 is 1.00 bits per heavy atom. The fourth-order valence-corrected chi connectivity index (χ4v) is 5.31. The van der Waals surface area contributed by atoms with Gasteiger partial charge in [0.25, 0.3) is 0 Å². The van der Waals surface area contributed by atoms with Gasteiger partial charge in [0.05, 0.1) is 12.7 Å². The SMILES string of the molecule is CCC(=O)ON1CCC(N2CCN(C3CCCCN3Cc3ccccc3)CC2)CC1=C=O. The number of carbonyl (C=O) groups is 1. The molecule has 1 aromatic rings. The van der Waals surface area contributed by atoms with Gasteiger partial charge in [-0.2, -0.15) is 5.06 Å². The van der Waals surface area contributed by atoms with Crippen LogP contribution in [0.4, 0.5) is 0 Å². The molecule has 3 heterocycles. The molecule has 1 aromatic carbocycles. The molecule has 0 amide bonds. The molecule has 0 radical (unpaired) electrons. The van der Waals surface area contributed by atoms with Crippen LogP contribution < -0.4 is 0 Å². The second-order valence-electron chi connectivity index (χ2n) is 9.12. The maximum Gasteiger partial charge on any atom is 0.332 e. The lowest BCUT2D eigenvalue weighted by Gasteiger charge is -2.48. The second-order valence-corrected chi connectivity index (χ2v) is 9.12. The number of carbonyl (C=O) groups excluding carboxylic acids is 2. The van der Waals surface area contributed by atoms with Gasteiger partial charge in [0.2, 0.25) is 0 Å². The van der Waals surface area contributed by atoms with Crippen molar-refractivity contribution >= 4 is 11.9 Å². The smallest absolute Gasteiger partial charge is 0.332 e. The number of likely N-dealkylation sites (tertiary alicyclic amines) is 1. The zero-order valence-corrected chi connectivity index (χ0v) is 19.2. The Hall–Kier alpha value is -2.18. The Morgan fingerprint density at radius 2 is 1.75 bits per heavy atom. The van der Waals surface area contributed by atoms with Crippen LogP contribution in [0.15, 0.2) is 36.0 Å². The topological polar surface area (TPSA) is 56.3 Å². The first-order valence-electron chi connectivity index (χ1n) is 12.2. The molecule has 2 atom stereocenters. The molecule has 4 rings (SSSR count). The van der Waals surface area contributed by atoms with E-state index in [9.17, 15) is 9.59 Å². The molecular weight excluding hydrogens is 404 g/mol. The largest absolute Gasteiger partial charge is 0.340 e. The Kier molecular flexibility index (Phi) is 7.98. The van der Waals surface area contributed by atoms with E-state index in [1.54, 1.807) is 6.92 Å². The van der Waals surface area contributed by atoms with Crippen LogP contribution in [0.3, 0.4) is 0 Å². The van der Waals surface area contributed by atoms with Crippen molar-refractivity contribution < 1.29 is 14.4 Å². The lowest BCUT2D eigenvalue weighted by atomic mass is 10.00. The normalized spacial score (nSPS) is 26.0. The summed E-state index contributed by atoms with van der Waals surface area (Å²) in [6.07, 6.45) is 6.15. The summed E-state index contributed by atoms with van der Waals surface area (Å²) in [5.41, 5.74) is 1.86. The quantitative estimate of drug-likeness (QED) is 0.631. The Bertz CT molecular complexity index is 803. The molecule has 3 aliphatic heterocycles. The van der Waals surface area contributed by atoms with E-state index >= 15 is 0 Å². The number of benzene rings is 1. The molecular formula is C25H36N4O3. The molecule has 7 nitrogen and oxygen atoms in total. The van der Waals surface area contributed by atoms with Crippen molar-refractivity contribution in [3.63, 3.8) is 0 Å². The van der Waals surface area contributed by atoms with Crippen LogP contribution in [0.25, 0.3) is 0 Å². The van der Waals surface area contributed by atoms with Gasteiger partial charge < -0.3 is 4.84 Å². The first kappa shape index (κ1) is 23.0. The average molecular weight is 441 g/mol. The van der Waals surface area contributed by atoms with Gasteiger partial charge in [-0.25, -0.2) is 9.59 Å². The van der Waals surface area contributed by atoms with Crippen LogP contribution in [0.5, 0.6) is 0 Å². The summed E-state index contributed by atoms with van der Waals surface area (Å²) in [6, 6.07) is 11.1. The fraction of sp³-hybridized carbons (Fsp3) is 0.640. The zero-order chi connectivity index (χ0) is 22.3. The summed E-state index contributed by atoms with van der Waals surface area (Å²) in [7, 11) is 0. The van der Waals surface area contributed by atoms with Gasteiger partial charge in [-0.05, 0) is 37.8 Å². The number of nitrogens with zero attached hydrogens (tertiary/aromatic N) is 4. The van der Waals surface area contributed by atoms with E-state index in [0.717, 1.165) is 39.1 Å². The summed E-state index contributed by atoms with van der Waals surface area (Å²) in [5.74, 6) is 1.71. The Morgan fingerprint density at radius 3 is 2.47 bits per heavy atom. The summed E-state index contributed by atoms with van der Waals surface area (Å²) in [4.78, 5) is 36.2. The van der Waals surface area contributed by atoms with E-state index < -0.39 is 0 Å². The third-order valence-electron chi connectivity index (χ3n) is 7.11. The van der Waals surface area contributed by atoms with Crippen molar-refractivity contribution in [2.75, 3.05) is 39.3 Å². The minimum atomic E-state index is -0.308. The first-order valence-corrected chi connectivity index (χ1v) is 12.2. The molecule has 2 unspecified atom stereocenters. The van der Waals surface area contributed by atoms with Gasteiger partial charge in [0.15, 0.2) is 0 Å². The highest BCUT2D eigenvalue weighted by atomic mass is 16.7. The van der Waals surface area contributed by atoms with Crippen molar-refractivity contribution in [1.82, 2.24) is 19.8 Å². The number of piperazine rings is 1. The summed E-state index contributed by atoms with van der Waals surface area (Å²) < 4.78 is 0. The van der Waals surface area contributed by atoms with Gasteiger partial charge in [0.1, 0.15) is 11.6 Å². The van der Waals surface area contributed by atoms with Gasteiger partial charge >= 0.3 is 5.97 Å². The highest BCUT2D eigenvalue weighted by Crippen LogP contribution is 2.27. The zero-order valence-electron chi connectivity index (χ0n) is 19.2. The number of hydrogen-bond donors (Lipinski definition) is 0. The van der Waals surface area contributed by atoms with Crippen molar-refractivity contribution in [3.8, 4) is 0 Å². The molecule has 0 aromatic heterocycles. The van der Waals surface area contributed by atoms with E-state index in [0.29, 0.717) is 37.3 Å². The lowest BCUT2D eigenvalue weighted by molar-refractivity contribution is -0.185. The van der Waals surface area contributed by atoms with E-state index in [1.165, 1.54) is 36.4 Å². The van der Waals surface area contributed by atoms with Crippen LogP contribution in [-0.4, -0.2) is 83.1 Å². The van der Waals surface area contributed by atoms with Crippen LogP contribution in [0, 0.1) is 0 Å². The Labute approximate surface area is 191 Å². The summed E-state index contributed by atoms with van der Waals surface area (Å²) >= 11 is 0. The predicted octanol–water partition coefficient (Wildman–Crippen LogP) is 2.66. The van der Waals surface area contributed by atoms with Gasteiger partial charge in [0, 0.05) is 51.6 Å². The molecule has 32 heavy (non-hydrogen) atoms. The van der Waals surface area contributed by atoms with E-state index in [2.05, 4.69) is 45.0 Å². The van der Waals surface area contributed by atoms with Crippen molar-refractivity contribution in [2.24, 2.45) is 0 Å². The maximum absolute atomic E-state index is 11.6. The van der Waals surface area contributed by atoms with Gasteiger partial charge in [-0.15, -0.1) is 0 Å². The molecule has 3 fully saturated rings. The standard InChI is InChI=1S/C25H36N4O3/c1-2-25(31)32-29-13-11-22(18-23(29)20-30)26-14-16-27(17-15-26)24-10-6-7-12-28(24)19-21-8-4-3-5-9-21/h3-5,8-9,22,24H,2,6-7,10-19H2,1H3. The molecule has 0 spiro atoms. The monoisotopic (exact) mass is 440 g/mol. The third kappa shape index (κ3) is 5.59. The maximum atomic E-state index is 11.6. The molecule has 3 aliphatic rings. The second kappa shape index (κ2) is 11.1. The van der Waals surface area contributed by atoms with Gasteiger partial charge in [-0.3, -0.25) is 14.7 Å². The predicted molar refractivity (Wildman–Crippen MR) is 123 cm³/mol. The first-order chi connectivity index (χ1) is 15.7. The fourth-order valence-electron chi connectivity index (χ4n) is 5.31. The minimum absolute atomic E-state index is 0.302. The molecule has 0 bridgehead atoms. The summed E-state index contributed by atoms with van der Waals surface area (Å²) in [6.45, 7) is 8.65. The van der Waals surface area contributed by atoms with E-state index in [4.69, 9.17) is 4.84 Å². The highest BCUT2D eigenvalue weighted by Gasteiger charge is 2.35. The highest BCUT2D eigenvalue weighted by molar-refractivity contribution is 5.69. The average Bonchev–Trinajstić information content (AvgIpc) is 2.85. The van der Waals surface area contributed by atoms with Crippen LogP contribution in [-0.2, 0) is 21.0 Å². The van der Waals surface area contributed by atoms with Crippen molar-refractivity contribution in [3.05, 3.63) is 41.6 Å². The molecule has 7 heteroatoms. The number of rotatable bonds is 6. The van der Waals surface area contributed by atoms with Crippen molar-refractivity contribution in [1.29, 1.82) is 0 Å². The van der Waals surface area contributed by atoms with Crippen LogP contribution in [0.1, 0.15) is 51.0 Å². The number of hydroxylamine groups is 2. The molecule has 0 saturated carbocycles. The lowest BCUT2D eigenvalue weighted by Crippen LogP contribution is -2.59. The Balaban J connectivity index is 1.30. The number of piperidine rings is 2. The van der Waals surface area contributed by atoms with Gasteiger partial charge in [-0.1, -0.05) is 37.3 Å². The van der Waals surface area contributed by atoms with E-state index in [-0.39, 0.29) is 5.97 Å². The molecule has 3 saturated heterocycles. The molecule has 0 N–H and O–H groups in total. The molecule has 0 aliphatic carbocycles. The summed E-state index contributed by atoms with van der Waals surface area (Å²) in [5, 5.41) is 1.45. The minimum Gasteiger partial charge on any atom is -0.340 e. The van der Waals surface area contributed by atoms with Crippen LogP contribution in [0.2, 0.25) is 0 Å². The molecule has 174 valence electrons. The van der Waals surface area contributed by atoms with Crippen molar-refractivity contribution in [2.45, 2.75) is 64.2 Å². The number of hydrogen-bond acceptors (Lipinski definition) is 7. The van der Waals surface area contributed by atoms with Crippen LogP contribution >= 0.6 is 0 Å².